The van der Waals surface area contributed by atoms with Gasteiger partial charge in [-0.1, -0.05) is 47.7 Å². The third kappa shape index (κ3) is 4.76. The van der Waals surface area contributed by atoms with E-state index in [4.69, 9.17) is 5.73 Å². The number of rotatable bonds is 6. The highest BCUT2D eigenvalue weighted by Crippen LogP contribution is 2.41. The number of aromatic nitrogens is 5. The van der Waals surface area contributed by atoms with Crippen LogP contribution in [-0.2, 0) is 4.79 Å². The van der Waals surface area contributed by atoms with Crippen LogP contribution in [0.4, 0.5) is 28.6 Å². The van der Waals surface area contributed by atoms with Crippen LogP contribution in [0.15, 0.2) is 104 Å². The topological polar surface area (TPSA) is 193 Å². The van der Waals surface area contributed by atoms with E-state index in [1.165, 1.54) is 6.92 Å². The number of hydrogen-bond acceptors (Lipinski definition) is 10. The Hall–Kier alpha value is -6.18. The van der Waals surface area contributed by atoms with Gasteiger partial charge in [0.05, 0.1) is 16.7 Å². The molecule has 0 aliphatic carbocycles. The minimum Gasteiger partial charge on any atom is -0.492 e. The standard InChI is InChI=1S/C27H21N11O3/c1-15(39)29-17-11-13-18(14-12-17)32-33-22-21(16-7-3-2-4-8-16)31-25-23(24(28)35-38(25)26(22)40)34-36-37-20-10-6-5-9-19(20)30-27(37)41/h2-14,40H,1H3,(H2,28,35)(H,29,39)(H,30,41). The number of nitrogen functional groups attached to an aromatic ring is 1. The number of H-pyrrole nitrogens is 1. The number of nitrogens with one attached hydrogen (secondary N) is 2. The molecule has 202 valence electrons. The van der Waals surface area contributed by atoms with E-state index >= 15 is 0 Å². The maximum absolute atomic E-state index is 12.4. The van der Waals surface area contributed by atoms with E-state index in [0.717, 1.165) is 9.19 Å². The van der Waals surface area contributed by atoms with Crippen molar-refractivity contribution in [2.24, 2.45) is 20.6 Å². The summed E-state index contributed by atoms with van der Waals surface area (Å²) in [6.07, 6.45) is 0. The molecule has 3 aromatic heterocycles. The van der Waals surface area contributed by atoms with Crippen LogP contribution in [0.3, 0.4) is 0 Å². The maximum atomic E-state index is 12.4. The number of fused-ring (bicyclic) bond motifs is 2. The summed E-state index contributed by atoms with van der Waals surface area (Å²) in [7, 11) is 0. The first kappa shape index (κ1) is 25.1. The number of anilines is 2. The Morgan fingerprint density at radius 1 is 0.951 bits per heavy atom. The highest BCUT2D eigenvalue weighted by Gasteiger charge is 2.22. The van der Waals surface area contributed by atoms with E-state index in [1.807, 2.05) is 18.2 Å². The van der Waals surface area contributed by atoms with Crippen molar-refractivity contribution in [3.05, 3.63) is 89.3 Å². The van der Waals surface area contributed by atoms with Gasteiger partial charge in [0.25, 0.3) is 0 Å². The molecule has 0 saturated heterocycles. The second kappa shape index (κ2) is 10.2. The first-order valence-electron chi connectivity index (χ1n) is 12.3. The van der Waals surface area contributed by atoms with Gasteiger partial charge in [0.1, 0.15) is 5.69 Å². The Kier molecular flexibility index (Phi) is 6.24. The van der Waals surface area contributed by atoms with Crippen LogP contribution in [-0.4, -0.2) is 35.3 Å². The lowest BCUT2D eigenvalue weighted by Crippen LogP contribution is -2.11. The number of aromatic amines is 1. The van der Waals surface area contributed by atoms with E-state index in [2.05, 4.69) is 40.9 Å². The molecule has 6 rings (SSSR count). The van der Waals surface area contributed by atoms with Gasteiger partial charge in [-0.2, -0.15) is 14.3 Å². The smallest absolute Gasteiger partial charge is 0.348 e. The van der Waals surface area contributed by atoms with E-state index in [9.17, 15) is 14.7 Å². The zero-order valence-corrected chi connectivity index (χ0v) is 21.4. The van der Waals surface area contributed by atoms with Crippen molar-refractivity contribution in [3.8, 4) is 17.1 Å². The van der Waals surface area contributed by atoms with Crippen LogP contribution in [0.25, 0.3) is 27.9 Å². The van der Waals surface area contributed by atoms with E-state index in [0.29, 0.717) is 28.0 Å². The molecule has 1 amide bonds. The van der Waals surface area contributed by atoms with Gasteiger partial charge >= 0.3 is 5.69 Å². The fraction of sp³-hybridized carbons (Fsp3) is 0.0370. The second-order valence-corrected chi connectivity index (χ2v) is 8.84. The number of nitrogens with zero attached hydrogens (tertiary/aromatic N) is 8. The number of para-hydroxylation sites is 2. The summed E-state index contributed by atoms with van der Waals surface area (Å²) in [5, 5.41) is 34.9. The fourth-order valence-corrected chi connectivity index (χ4v) is 4.16. The zero-order valence-electron chi connectivity index (χ0n) is 21.4. The Labute approximate surface area is 230 Å². The molecule has 6 aromatic rings. The molecule has 3 heterocycles. The lowest BCUT2D eigenvalue weighted by atomic mass is 10.1. The van der Waals surface area contributed by atoms with Crippen molar-refractivity contribution in [1.82, 2.24) is 24.3 Å². The van der Waals surface area contributed by atoms with Crippen molar-refractivity contribution in [2.45, 2.75) is 6.92 Å². The van der Waals surface area contributed by atoms with Crippen LogP contribution >= 0.6 is 0 Å². The van der Waals surface area contributed by atoms with Gasteiger partial charge in [0.15, 0.2) is 22.8 Å². The summed E-state index contributed by atoms with van der Waals surface area (Å²) in [5.74, 6) is -0.655. The summed E-state index contributed by atoms with van der Waals surface area (Å²) in [6, 6.07) is 22.8. The summed E-state index contributed by atoms with van der Waals surface area (Å²) in [4.78, 5) is 31.1. The van der Waals surface area contributed by atoms with Crippen LogP contribution < -0.4 is 16.7 Å². The number of carbonyl (C=O) groups excluding carboxylic acids is 1. The molecule has 14 nitrogen and oxygen atoms in total. The molecule has 0 radical (unpaired) electrons. The Balaban J connectivity index is 1.46. The molecule has 0 unspecified atom stereocenters. The SMILES string of the molecule is CC(=O)Nc1ccc(N=Nc2c(-c3ccccc3)nc3c(N=Nn4c(=O)[nH]c5ccccc54)c(N)nn3c2O)cc1. The third-order valence-electron chi connectivity index (χ3n) is 6.02. The lowest BCUT2D eigenvalue weighted by molar-refractivity contribution is -0.114. The summed E-state index contributed by atoms with van der Waals surface area (Å²) in [6.45, 7) is 1.42. The maximum Gasteiger partial charge on any atom is 0.348 e. The highest BCUT2D eigenvalue weighted by molar-refractivity contribution is 5.88. The lowest BCUT2D eigenvalue weighted by Gasteiger charge is -2.08. The van der Waals surface area contributed by atoms with Crippen LogP contribution in [0, 0.1) is 0 Å². The molecule has 0 fully saturated rings. The van der Waals surface area contributed by atoms with Gasteiger partial charge in [-0.3, -0.25) is 4.79 Å². The number of azo groups is 1. The van der Waals surface area contributed by atoms with E-state index in [-0.39, 0.29) is 40.3 Å². The molecule has 0 spiro atoms. The number of nitrogens with two attached hydrogens (primary N) is 1. The molecular weight excluding hydrogens is 526 g/mol. The third-order valence-corrected chi connectivity index (χ3v) is 6.02. The Bertz CT molecular complexity index is 2040. The van der Waals surface area contributed by atoms with Crippen molar-refractivity contribution in [3.63, 3.8) is 0 Å². The van der Waals surface area contributed by atoms with Gasteiger partial charge in [-0.25, -0.2) is 9.78 Å². The molecule has 0 saturated carbocycles. The first-order chi connectivity index (χ1) is 19.9. The number of hydrogen-bond donors (Lipinski definition) is 4. The molecule has 3 aromatic carbocycles. The van der Waals surface area contributed by atoms with Crippen LogP contribution in [0.2, 0.25) is 0 Å². The highest BCUT2D eigenvalue weighted by atomic mass is 16.3. The molecule has 41 heavy (non-hydrogen) atoms. The Morgan fingerprint density at radius 3 is 2.44 bits per heavy atom. The van der Waals surface area contributed by atoms with Gasteiger partial charge in [0.2, 0.25) is 11.8 Å². The molecular formula is C27H21N11O3. The normalized spacial score (nSPS) is 11.7. The van der Waals surface area contributed by atoms with Crippen molar-refractivity contribution in [2.75, 3.05) is 11.1 Å². The minimum atomic E-state index is -0.487. The summed E-state index contributed by atoms with van der Waals surface area (Å²) >= 11 is 0. The average molecular weight is 548 g/mol. The zero-order chi connectivity index (χ0) is 28.5. The largest absolute Gasteiger partial charge is 0.492 e. The molecule has 0 aliphatic heterocycles. The second-order valence-electron chi connectivity index (χ2n) is 8.84. The molecule has 0 atom stereocenters. The number of imidazole rings is 1. The Morgan fingerprint density at radius 2 is 1.68 bits per heavy atom. The predicted molar refractivity (Wildman–Crippen MR) is 152 cm³/mol. The van der Waals surface area contributed by atoms with Crippen molar-refractivity contribution >= 4 is 51.2 Å². The average Bonchev–Trinajstić information content (AvgIpc) is 3.47. The van der Waals surface area contributed by atoms with E-state index < -0.39 is 5.69 Å². The minimum absolute atomic E-state index is 0.0356. The quantitative estimate of drug-likeness (QED) is 0.206. The predicted octanol–water partition coefficient (Wildman–Crippen LogP) is 5.25. The monoisotopic (exact) mass is 547 g/mol. The van der Waals surface area contributed by atoms with E-state index in [1.54, 1.807) is 60.7 Å². The summed E-state index contributed by atoms with van der Waals surface area (Å²) < 4.78 is 2.18. The number of aromatic hydroxyl groups is 1. The number of benzene rings is 3. The number of amides is 1. The molecule has 0 bridgehead atoms. The van der Waals surface area contributed by atoms with Crippen LogP contribution in [0.5, 0.6) is 5.88 Å². The van der Waals surface area contributed by atoms with Gasteiger partial charge in [-0.15, -0.1) is 15.3 Å². The molecule has 0 aliphatic rings. The molecule has 5 N–H and O–H groups in total. The van der Waals surface area contributed by atoms with Gasteiger partial charge in [-0.05, 0) is 36.4 Å². The molecule has 14 heteroatoms. The van der Waals surface area contributed by atoms with Crippen molar-refractivity contribution in [1.29, 1.82) is 0 Å². The first-order valence-corrected chi connectivity index (χ1v) is 12.3. The number of carbonyl (C=O) groups is 1. The fourth-order valence-electron chi connectivity index (χ4n) is 4.16. The van der Waals surface area contributed by atoms with Gasteiger partial charge in [0, 0.05) is 18.2 Å². The summed E-state index contributed by atoms with van der Waals surface area (Å²) in [5.41, 5.74) is 8.94. The van der Waals surface area contributed by atoms with Crippen LogP contribution in [0.1, 0.15) is 6.92 Å². The van der Waals surface area contributed by atoms with Gasteiger partial charge < -0.3 is 21.1 Å². The van der Waals surface area contributed by atoms with Crippen molar-refractivity contribution < 1.29 is 9.90 Å².